The lowest BCUT2D eigenvalue weighted by molar-refractivity contribution is -0.421. The number of halogens is 2. The van der Waals surface area contributed by atoms with Crippen molar-refractivity contribution in [2.75, 3.05) is 39.6 Å². The first kappa shape index (κ1) is 83.1. The Bertz CT molecular complexity index is 2390. The van der Waals surface area contributed by atoms with E-state index in [0.717, 1.165) is 39.5 Å². The number of allylic oxidation sites excluding steroid dienone is 1. The molecule has 5 rings (SSSR count). The molecule has 94 heavy (non-hydrogen) atoms. The number of alkyl halides is 2. The standard InChI is InChI=1S/C57H93Cl2N3O31.H3N/c1-4-5-6-7-8-9-10-11-12-13-14-15-16-17-28(70)27(62-51(81)50(58)59)24-84-53-43(79)41(77)45(33(22-66)87-53)89-55-44(80)49(93-57(56(82)83)18-29(71)35(60-25(2)68)48(92-57)37(73)30(72)19-63)46(34(23-67)88-55)90-52-36(61-26(3)69)47(39(75)32(21-65)85-52)91-54-42(78)40(76)38(74)31(20-64)86-54;/h16-17,27-50,52-55,63-67,70-80H,4-11,14-15,18-24H2,1-3H3,(H,60,68)(H,61,69)(H,62,81)(H,82,83);1H3/b17-16+;/t27-,28+,29-,30+,31+,32+,33+,34+,35?,36+,37+,38-,39-,40-,41+,42+,43+,44+,45+,46-,47+,48?,49+,52-,53+,54-,55-,57-;/m0./s1. The van der Waals surface area contributed by atoms with Gasteiger partial charge in [-0.1, -0.05) is 80.8 Å². The van der Waals surface area contributed by atoms with E-state index in [9.17, 15) is 106 Å². The third-order valence-corrected chi connectivity index (χ3v) is 16.6. The number of carbonyl (C=O) groups is 4. The third-order valence-electron chi connectivity index (χ3n) is 16.2. The maximum atomic E-state index is 13.6. The van der Waals surface area contributed by atoms with Crippen molar-refractivity contribution in [3.05, 3.63) is 12.2 Å². The zero-order valence-electron chi connectivity index (χ0n) is 52.4. The molecule has 0 aromatic carbocycles. The molecule has 5 aliphatic heterocycles. The Balaban J connectivity index is 0.0000188. The van der Waals surface area contributed by atoms with Crippen LogP contribution in [0.2, 0.25) is 0 Å². The summed E-state index contributed by atoms with van der Waals surface area (Å²) in [6.07, 6.45) is -39.3. The zero-order valence-corrected chi connectivity index (χ0v) is 53.9. The predicted molar refractivity (Wildman–Crippen MR) is 316 cm³/mol. The molecule has 5 heterocycles. The summed E-state index contributed by atoms with van der Waals surface area (Å²) in [4.78, 5) is 50.0. The fourth-order valence-electron chi connectivity index (χ4n) is 11.2. The lowest BCUT2D eigenvalue weighted by Crippen LogP contribution is -2.73. The highest BCUT2D eigenvalue weighted by Crippen LogP contribution is 2.41. The van der Waals surface area contributed by atoms with Crippen LogP contribution in [0.4, 0.5) is 0 Å². The number of aliphatic hydroxyl groups excluding tert-OH is 16. The molecule has 544 valence electrons. The fourth-order valence-corrected chi connectivity index (χ4v) is 11.3. The van der Waals surface area contributed by atoms with Gasteiger partial charge in [-0.3, -0.25) is 14.4 Å². The van der Waals surface area contributed by atoms with Gasteiger partial charge in [-0.05, 0) is 12.8 Å². The molecule has 35 nitrogen and oxygen atoms in total. The minimum Gasteiger partial charge on any atom is -0.544 e. The lowest BCUT2D eigenvalue weighted by atomic mass is 9.88. The van der Waals surface area contributed by atoms with Crippen LogP contribution in [-0.4, -0.2) is 321 Å². The number of nitrogens with one attached hydrogen (secondary N) is 3. The second kappa shape index (κ2) is 40.1. The van der Waals surface area contributed by atoms with Gasteiger partial charge < -0.3 is 161 Å². The normalized spacial score (nSPS) is 37.5. The molecule has 0 bridgehead atoms. The van der Waals surface area contributed by atoms with Crippen LogP contribution in [0.25, 0.3) is 0 Å². The topological polar surface area (TPSA) is 580 Å². The van der Waals surface area contributed by atoms with E-state index in [2.05, 4.69) is 34.7 Å². The highest BCUT2D eigenvalue weighted by molar-refractivity contribution is 6.53. The van der Waals surface area contributed by atoms with Crippen molar-refractivity contribution in [1.29, 1.82) is 0 Å². The van der Waals surface area contributed by atoms with Crippen molar-refractivity contribution in [2.45, 2.75) is 267 Å². The first-order chi connectivity index (χ1) is 44.1. The van der Waals surface area contributed by atoms with Gasteiger partial charge in [0.2, 0.25) is 17.6 Å². The summed E-state index contributed by atoms with van der Waals surface area (Å²) in [5.41, 5.74) is 0. The number of aliphatic carboxylic acids is 1. The minimum absolute atomic E-state index is 0. The van der Waals surface area contributed by atoms with E-state index >= 15 is 0 Å². The monoisotopic (exact) mass is 1400 g/mol. The summed E-state index contributed by atoms with van der Waals surface area (Å²) >= 11 is 11.6. The van der Waals surface area contributed by atoms with Crippen LogP contribution in [0, 0.1) is 11.8 Å². The van der Waals surface area contributed by atoms with E-state index in [1.807, 2.05) is 0 Å². The Morgan fingerprint density at radius 3 is 1.74 bits per heavy atom. The van der Waals surface area contributed by atoms with Crippen LogP contribution >= 0.6 is 23.2 Å². The van der Waals surface area contributed by atoms with E-state index in [4.69, 9.17) is 70.6 Å². The van der Waals surface area contributed by atoms with Gasteiger partial charge in [-0.2, -0.15) is 0 Å². The molecule has 5 aliphatic rings. The molecule has 0 aliphatic carbocycles. The first-order valence-electron chi connectivity index (χ1n) is 30.7. The number of quaternary nitrogens is 1. The van der Waals surface area contributed by atoms with Gasteiger partial charge in [0.1, 0.15) is 122 Å². The van der Waals surface area contributed by atoms with Crippen molar-refractivity contribution < 1.29 is 153 Å². The maximum absolute atomic E-state index is 13.6. The number of unbranched alkanes of at least 4 members (excludes halogenated alkanes) is 8. The molecule has 28 atom stereocenters. The highest BCUT2D eigenvalue weighted by atomic mass is 35.5. The molecular formula is C57H96Cl2N4O31. The van der Waals surface area contributed by atoms with Crippen LogP contribution in [0.1, 0.15) is 91.4 Å². The van der Waals surface area contributed by atoms with Gasteiger partial charge in [-0.25, -0.2) is 0 Å². The first-order valence-corrected chi connectivity index (χ1v) is 31.6. The molecule has 0 radical (unpaired) electrons. The third kappa shape index (κ3) is 22.1. The Morgan fingerprint density at radius 2 is 1.15 bits per heavy atom. The molecule has 0 saturated carbocycles. The fraction of sp³-hybridized carbons (Fsp3) is 0.860. The summed E-state index contributed by atoms with van der Waals surface area (Å²) < 4.78 is 58.9. The van der Waals surface area contributed by atoms with Crippen LogP contribution in [0.5, 0.6) is 0 Å². The average molecular weight is 1400 g/mol. The quantitative estimate of drug-likeness (QED) is 0.0123. The van der Waals surface area contributed by atoms with Gasteiger partial charge >= 0.3 is 0 Å². The van der Waals surface area contributed by atoms with Crippen LogP contribution < -0.4 is 27.2 Å². The molecule has 23 N–H and O–H groups in total. The van der Waals surface area contributed by atoms with Gasteiger partial charge in [0.15, 0.2) is 30.0 Å². The smallest absolute Gasteiger partial charge is 0.253 e. The van der Waals surface area contributed by atoms with Crippen LogP contribution in [-0.2, 0) is 66.5 Å². The number of carboxylic acid groups (broad SMARTS) is 1. The Morgan fingerprint density at radius 1 is 0.628 bits per heavy atom. The average Bonchev–Trinajstić information content (AvgIpc) is 0.668. The molecule has 0 aromatic rings. The maximum Gasteiger partial charge on any atom is 0.253 e. The van der Waals surface area contributed by atoms with Crippen molar-refractivity contribution in [3.8, 4) is 11.8 Å². The lowest BCUT2D eigenvalue weighted by Gasteiger charge is -2.54. The largest absolute Gasteiger partial charge is 0.544 e. The second-order valence-electron chi connectivity index (χ2n) is 23.2. The molecule has 5 fully saturated rings. The van der Waals surface area contributed by atoms with Crippen LogP contribution in [0.3, 0.4) is 0 Å². The van der Waals surface area contributed by atoms with Crippen molar-refractivity contribution >= 4 is 46.9 Å². The molecule has 2 unspecified atom stereocenters. The van der Waals surface area contributed by atoms with Crippen molar-refractivity contribution in [2.24, 2.45) is 0 Å². The van der Waals surface area contributed by atoms with Gasteiger partial charge in [-0.15, -0.1) is 11.8 Å². The summed E-state index contributed by atoms with van der Waals surface area (Å²) in [6.45, 7) is -2.34. The Kier molecular flexibility index (Phi) is 35.4. The summed E-state index contributed by atoms with van der Waals surface area (Å²) in [7, 11) is 0. The van der Waals surface area contributed by atoms with E-state index in [1.165, 1.54) is 31.8 Å². The van der Waals surface area contributed by atoms with Crippen molar-refractivity contribution in [3.63, 3.8) is 0 Å². The molecule has 0 spiro atoms. The summed E-state index contributed by atoms with van der Waals surface area (Å²) in [6, 6.07) is -5.10. The molecule has 5 saturated heterocycles. The number of aliphatic hydroxyl groups is 16. The Hall–Kier alpha value is -3.32. The number of hydrogen-bond acceptors (Lipinski definition) is 31. The van der Waals surface area contributed by atoms with Gasteiger partial charge in [0.25, 0.3) is 5.91 Å². The second-order valence-corrected chi connectivity index (χ2v) is 24.3. The summed E-state index contributed by atoms with van der Waals surface area (Å²) in [5, 5.41) is 196. The predicted octanol–water partition coefficient (Wildman–Crippen LogP) is -8.24. The van der Waals surface area contributed by atoms with E-state index in [-0.39, 0.29) is 6.15 Å². The SMILES string of the molecule is CCCCCCCCCC#CCC/C=C/[C@@H](O)[C@H](CO[C@@H]1O[C@H](CO)[C@@H](O[C@@H]2O[C@H](CO)[C@H](O[C@@H]3O[C@H](CO)[C@H](O)[C@H](O[C@@H]4O[C@H](CO)[C@H](O)[C@H](O)[C@H]4O)[C@H]3NC(C)=O)[C@H](O[C@]3(C(=O)[O-])C[C@H](O)C(NC(C)=O)C([C@H](O)[C@H](O)CO)O3)[C@H]2O)[C@H](O)[C@H]1O)NC(=O)C(Cl)Cl.[NH4+]. The molecular weight excluding hydrogens is 1310 g/mol. The van der Waals surface area contributed by atoms with E-state index in [0.29, 0.717) is 12.8 Å². The highest BCUT2D eigenvalue weighted by Gasteiger charge is 2.60. The molecule has 0 aromatic heterocycles. The van der Waals surface area contributed by atoms with E-state index < -0.39 is 246 Å². The van der Waals surface area contributed by atoms with E-state index in [1.54, 1.807) is 6.08 Å². The summed E-state index contributed by atoms with van der Waals surface area (Å²) in [5.74, 6) is -2.55. The van der Waals surface area contributed by atoms with Crippen LogP contribution in [0.15, 0.2) is 12.2 Å². The zero-order chi connectivity index (χ0) is 69.0. The van der Waals surface area contributed by atoms with Gasteiger partial charge in [0.05, 0.1) is 63.9 Å². The van der Waals surface area contributed by atoms with Crippen molar-refractivity contribution in [1.82, 2.24) is 22.1 Å². The number of amides is 3. The number of carboxylic acids is 1. The van der Waals surface area contributed by atoms with Gasteiger partial charge in [0, 0.05) is 33.1 Å². The number of hydrogen-bond donors (Lipinski definition) is 20. The molecule has 3 amide bonds. The number of carbonyl (C=O) groups excluding carboxylic acids is 4. The Labute approximate surface area is 551 Å². The number of rotatable bonds is 34. The minimum atomic E-state index is -3.51. The molecule has 37 heteroatoms. The number of ether oxygens (including phenoxy) is 10.